The lowest BCUT2D eigenvalue weighted by Crippen LogP contribution is -2.54. The maximum atomic E-state index is 13.8. The zero-order valence-electron chi connectivity index (χ0n) is 16.8. The van der Waals surface area contributed by atoms with Crippen molar-refractivity contribution in [2.75, 3.05) is 4.90 Å². The summed E-state index contributed by atoms with van der Waals surface area (Å²) in [4.78, 5) is 38.4. The second kappa shape index (κ2) is 9.44. The van der Waals surface area contributed by atoms with Crippen LogP contribution in [0.15, 0.2) is 72.3 Å². The van der Waals surface area contributed by atoms with Gasteiger partial charge in [-0.1, -0.05) is 59.6 Å². The van der Waals surface area contributed by atoms with Crippen molar-refractivity contribution < 1.29 is 23.5 Å². The molecule has 4 amide bonds. The number of para-hydroxylation sites is 1. The van der Waals surface area contributed by atoms with Gasteiger partial charge in [0.1, 0.15) is 18.0 Å². The van der Waals surface area contributed by atoms with Crippen molar-refractivity contribution in [1.82, 2.24) is 5.32 Å². The molecule has 3 aromatic carbocycles. The number of halogens is 3. The summed E-state index contributed by atoms with van der Waals surface area (Å²) in [5.41, 5.74) is 0.701. The Hall–Kier alpha value is -3.68. The van der Waals surface area contributed by atoms with Crippen molar-refractivity contribution >= 4 is 52.8 Å². The predicted molar refractivity (Wildman–Crippen MR) is 123 cm³/mol. The first-order valence-electron chi connectivity index (χ1n) is 9.67. The molecule has 6 nitrogen and oxygen atoms in total. The van der Waals surface area contributed by atoms with E-state index in [2.05, 4.69) is 5.32 Å². The Morgan fingerprint density at radius 2 is 1.58 bits per heavy atom. The molecule has 3 aromatic rings. The molecule has 1 heterocycles. The van der Waals surface area contributed by atoms with Gasteiger partial charge in [0.15, 0.2) is 5.75 Å². The van der Waals surface area contributed by atoms with Crippen LogP contribution in [-0.4, -0.2) is 17.8 Å². The first-order chi connectivity index (χ1) is 15.8. The number of amides is 4. The highest BCUT2D eigenvalue weighted by molar-refractivity contribution is 6.40. The van der Waals surface area contributed by atoms with E-state index in [9.17, 15) is 18.8 Å². The van der Waals surface area contributed by atoms with E-state index in [1.807, 2.05) is 0 Å². The lowest BCUT2D eigenvalue weighted by molar-refractivity contribution is -0.122. The average Bonchev–Trinajstić information content (AvgIpc) is 2.78. The third kappa shape index (κ3) is 4.74. The molecular weight excluding hydrogens is 470 g/mol. The van der Waals surface area contributed by atoms with E-state index in [0.29, 0.717) is 16.8 Å². The summed E-state index contributed by atoms with van der Waals surface area (Å²) in [7, 11) is 0. The Balaban J connectivity index is 1.61. The number of rotatable bonds is 5. The second-order valence-corrected chi connectivity index (χ2v) is 7.80. The maximum absolute atomic E-state index is 13.8. The quantitative estimate of drug-likeness (QED) is 0.389. The Bertz CT molecular complexity index is 1270. The van der Waals surface area contributed by atoms with E-state index in [1.165, 1.54) is 24.3 Å². The van der Waals surface area contributed by atoms with Crippen molar-refractivity contribution in [3.63, 3.8) is 0 Å². The number of imide groups is 2. The molecule has 1 aliphatic rings. The number of benzene rings is 3. The van der Waals surface area contributed by atoms with Crippen molar-refractivity contribution in [3.8, 4) is 5.75 Å². The smallest absolute Gasteiger partial charge is 0.335 e. The van der Waals surface area contributed by atoms with Crippen LogP contribution in [0.25, 0.3) is 6.08 Å². The van der Waals surface area contributed by atoms with Gasteiger partial charge in [0, 0.05) is 5.56 Å². The van der Waals surface area contributed by atoms with Crippen LogP contribution in [0.1, 0.15) is 11.1 Å². The number of carbonyl (C=O) groups excluding carboxylic acids is 3. The average molecular weight is 485 g/mol. The van der Waals surface area contributed by atoms with Crippen LogP contribution in [-0.2, 0) is 16.2 Å². The third-order valence-electron chi connectivity index (χ3n) is 4.78. The highest BCUT2D eigenvalue weighted by Gasteiger charge is 2.36. The summed E-state index contributed by atoms with van der Waals surface area (Å²) in [5, 5.41) is 2.35. The van der Waals surface area contributed by atoms with Crippen LogP contribution in [0, 0.1) is 5.82 Å². The summed E-state index contributed by atoms with van der Waals surface area (Å²) in [5.74, 6) is -1.93. The van der Waals surface area contributed by atoms with Crippen LogP contribution >= 0.6 is 23.2 Å². The second-order valence-electron chi connectivity index (χ2n) is 6.99. The van der Waals surface area contributed by atoms with Gasteiger partial charge in [-0.3, -0.25) is 14.9 Å². The van der Waals surface area contributed by atoms with E-state index in [0.717, 1.165) is 4.90 Å². The van der Waals surface area contributed by atoms with Gasteiger partial charge in [0.25, 0.3) is 11.8 Å². The van der Waals surface area contributed by atoms with Crippen LogP contribution in [0.4, 0.5) is 14.9 Å². The van der Waals surface area contributed by atoms with Gasteiger partial charge in [0.05, 0.1) is 15.7 Å². The van der Waals surface area contributed by atoms with E-state index in [-0.39, 0.29) is 28.0 Å². The highest BCUT2D eigenvalue weighted by atomic mass is 35.5. The van der Waals surface area contributed by atoms with Crippen LogP contribution in [0.5, 0.6) is 5.75 Å². The third-order valence-corrected chi connectivity index (χ3v) is 5.34. The first-order valence-corrected chi connectivity index (χ1v) is 10.4. The minimum Gasteiger partial charge on any atom is -0.486 e. The lowest BCUT2D eigenvalue weighted by atomic mass is 10.1. The van der Waals surface area contributed by atoms with Crippen molar-refractivity contribution in [2.24, 2.45) is 0 Å². The summed E-state index contributed by atoms with van der Waals surface area (Å²) < 4.78 is 19.4. The largest absolute Gasteiger partial charge is 0.486 e. The van der Waals surface area contributed by atoms with Gasteiger partial charge < -0.3 is 4.74 Å². The van der Waals surface area contributed by atoms with Gasteiger partial charge in [-0.05, 0) is 42.0 Å². The molecule has 9 heteroatoms. The standard InChI is InChI=1S/C24H15Cl2FN2O4/c25-18-11-14(12-19(26)21(18)33-13-15-6-4-5-9-20(15)27)10-17-22(30)28-24(32)29(23(17)31)16-7-2-1-3-8-16/h1-12H,13H2,(H,28,30,32)/b17-10+. The van der Waals surface area contributed by atoms with Crippen molar-refractivity contribution in [3.05, 3.63) is 99.3 Å². The number of hydrogen-bond acceptors (Lipinski definition) is 4. The van der Waals surface area contributed by atoms with Gasteiger partial charge in [-0.2, -0.15) is 0 Å². The van der Waals surface area contributed by atoms with Crippen molar-refractivity contribution in [2.45, 2.75) is 6.61 Å². The number of anilines is 1. The number of nitrogens with one attached hydrogen (secondary N) is 1. The molecule has 1 N–H and O–H groups in total. The molecule has 0 bridgehead atoms. The summed E-state index contributed by atoms with van der Waals surface area (Å²) in [6.45, 7) is -0.0956. The topological polar surface area (TPSA) is 75.7 Å². The fourth-order valence-electron chi connectivity index (χ4n) is 3.20. The first kappa shape index (κ1) is 22.5. The zero-order valence-corrected chi connectivity index (χ0v) is 18.4. The van der Waals surface area contributed by atoms with Gasteiger partial charge in [-0.25, -0.2) is 14.1 Å². The normalized spacial score (nSPS) is 15.1. The van der Waals surface area contributed by atoms with Crippen LogP contribution < -0.4 is 15.0 Å². The van der Waals surface area contributed by atoms with E-state index in [1.54, 1.807) is 48.5 Å². The van der Waals surface area contributed by atoms with Gasteiger partial charge >= 0.3 is 6.03 Å². The molecule has 0 aromatic heterocycles. The minimum atomic E-state index is -0.846. The molecule has 0 atom stereocenters. The summed E-state index contributed by atoms with van der Waals surface area (Å²) in [6.07, 6.45) is 1.28. The number of ether oxygens (including phenoxy) is 1. The summed E-state index contributed by atoms with van der Waals surface area (Å²) in [6, 6.07) is 16.4. The van der Waals surface area contributed by atoms with Gasteiger partial charge in [0.2, 0.25) is 0 Å². The SMILES string of the molecule is O=C1NC(=O)N(c2ccccc2)C(=O)/C1=C/c1cc(Cl)c(OCc2ccccc2F)c(Cl)c1. The van der Waals surface area contributed by atoms with Gasteiger partial charge in [-0.15, -0.1) is 0 Å². The number of barbiturate groups is 1. The Morgan fingerprint density at radius 1 is 0.939 bits per heavy atom. The Morgan fingerprint density at radius 3 is 2.24 bits per heavy atom. The molecule has 0 spiro atoms. The molecule has 166 valence electrons. The molecule has 0 saturated carbocycles. The van der Waals surface area contributed by atoms with E-state index < -0.39 is 23.7 Å². The Labute approximate surface area is 198 Å². The van der Waals surface area contributed by atoms with Crippen molar-refractivity contribution in [1.29, 1.82) is 0 Å². The molecular formula is C24H15Cl2FN2O4. The number of carbonyl (C=O) groups is 3. The fraction of sp³-hybridized carbons (Fsp3) is 0.0417. The predicted octanol–water partition coefficient (Wildman–Crippen LogP) is 5.38. The van der Waals surface area contributed by atoms with Crippen LogP contribution in [0.3, 0.4) is 0 Å². The number of urea groups is 1. The minimum absolute atomic E-state index is 0.0956. The highest BCUT2D eigenvalue weighted by Crippen LogP contribution is 2.36. The summed E-state index contributed by atoms with van der Waals surface area (Å²) >= 11 is 12.6. The zero-order chi connectivity index (χ0) is 23.5. The van der Waals surface area contributed by atoms with E-state index >= 15 is 0 Å². The molecule has 0 radical (unpaired) electrons. The fourth-order valence-corrected chi connectivity index (χ4v) is 3.81. The molecule has 33 heavy (non-hydrogen) atoms. The molecule has 0 aliphatic carbocycles. The maximum Gasteiger partial charge on any atom is 0.335 e. The van der Waals surface area contributed by atoms with E-state index in [4.69, 9.17) is 27.9 Å². The molecule has 1 saturated heterocycles. The molecule has 4 rings (SSSR count). The lowest BCUT2D eigenvalue weighted by Gasteiger charge is -2.26. The monoisotopic (exact) mass is 484 g/mol. The Kier molecular flexibility index (Phi) is 6.44. The number of hydrogen-bond donors (Lipinski definition) is 1. The molecule has 1 aliphatic heterocycles. The molecule has 0 unspecified atom stereocenters. The molecule has 1 fully saturated rings. The van der Waals surface area contributed by atoms with Crippen LogP contribution in [0.2, 0.25) is 10.0 Å². The number of nitrogens with zero attached hydrogens (tertiary/aromatic N) is 1.